The molecule has 0 aromatic heterocycles. The largest absolute Gasteiger partial charge is 0.348 e. The molecule has 3 atom stereocenters. The third kappa shape index (κ3) is 4.53. The van der Waals surface area contributed by atoms with E-state index in [2.05, 4.69) is 12.2 Å². The number of thioether (sulfide) groups is 1. The first-order valence-electron chi connectivity index (χ1n) is 9.46. The van der Waals surface area contributed by atoms with E-state index in [0.717, 1.165) is 18.4 Å². The molecule has 2 amide bonds. The first-order valence-corrected chi connectivity index (χ1v) is 10.5. The lowest BCUT2D eigenvalue weighted by Gasteiger charge is -2.29. The summed E-state index contributed by atoms with van der Waals surface area (Å²) in [6.45, 7) is 4.08. The minimum atomic E-state index is -0.439. The maximum Gasteiger partial charge on any atom is 0.255 e. The lowest BCUT2D eigenvalue weighted by atomic mass is 10.1. The van der Waals surface area contributed by atoms with Crippen LogP contribution in [0.4, 0.5) is 0 Å². The number of nitrogens with one attached hydrogen (secondary N) is 1. The van der Waals surface area contributed by atoms with Crippen LogP contribution in [-0.2, 0) is 4.79 Å². The second-order valence-electron chi connectivity index (χ2n) is 6.81. The Bertz CT molecular complexity index is 766. The van der Waals surface area contributed by atoms with Crippen molar-refractivity contribution < 1.29 is 9.59 Å². The molecule has 0 aliphatic carbocycles. The van der Waals surface area contributed by atoms with E-state index >= 15 is 0 Å². The molecule has 3 rings (SSSR count). The first kappa shape index (κ1) is 19.5. The molecule has 27 heavy (non-hydrogen) atoms. The second-order valence-corrected chi connectivity index (χ2v) is 8.02. The molecule has 1 fully saturated rings. The van der Waals surface area contributed by atoms with Crippen molar-refractivity contribution in [3.05, 3.63) is 71.8 Å². The number of rotatable bonds is 6. The number of carbonyl (C=O) groups excluding carboxylic acids is 2. The van der Waals surface area contributed by atoms with E-state index in [-0.39, 0.29) is 23.2 Å². The van der Waals surface area contributed by atoms with E-state index in [4.69, 9.17) is 0 Å². The van der Waals surface area contributed by atoms with Gasteiger partial charge in [-0.2, -0.15) is 0 Å². The molecule has 2 aromatic carbocycles. The number of amides is 2. The SMILES string of the molecule is CCCC1SCC(C(=O)NC(C)c2ccccc2)N1C(=O)c1ccccc1. The van der Waals surface area contributed by atoms with Gasteiger partial charge in [0.25, 0.3) is 5.91 Å². The predicted octanol–water partition coefficient (Wildman–Crippen LogP) is 4.25. The van der Waals surface area contributed by atoms with E-state index in [0.29, 0.717) is 11.3 Å². The lowest BCUT2D eigenvalue weighted by molar-refractivity contribution is -0.125. The number of carbonyl (C=O) groups is 2. The van der Waals surface area contributed by atoms with Crippen LogP contribution in [0.25, 0.3) is 0 Å². The molecule has 4 nitrogen and oxygen atoms in total. The Labute approximate surface area is 165 Å². The van der Waals surface area contributed by atoms with Crippen LogP contribution in [0.3, 0.4) is 0 Å². The summed E-state index contributed by atoms with van der Waals surface area (Å²) in [6, 6.07) is 18.6. The van der Waals surface area contributed by atoms with Crippen LogP contribution in [0.1, 0.15) is 48.7 Å². The zero-order valence-electron chi connectivity index (χ0n) is 15.8. The van der Waals surface area contributed by atoms with Crippen LogP contribution in [-0.4, -0.2) is 33.9 Å². The molecular weight excluding hydrogens is 356 g/mol. The number of benzene rings is 2. The Kier molecular flexibility index (Phi) is 6.56. The Hall–Kier alpha value is -2.27. The highest BCUT2D eigenvalue weighted by Gasteiger charge is 2.41. The van der Waals surface area contributed by atoms with E-state index in [1.165, 1.54) is 0 Å². The summed E-state index contributed by atoms with van der Waals surface area (Å²) in [4.78, 5) is 27.9. The fourth-order valence-electron chi connectivity index (χ4n) is 3.37. The third-order valence-corrected chi connectivity index (χ3v) is 6.20. The molecule has 0 bridgehead atoms. The molecule has 2 aromatic rings. The van der Waals surface area contributed by atoms with Gasteiger partial charge in [0.2, 0.25) is 5.91 Å². The number of nitrogens with zero attached hydrogens (tertiary/aromatic N) is 1. The summed E-state index contributed by atoms with van der Waals surface area (Å²) in [5.41, 5.74) is 1.69. The van der Waals surface area contributed by atoms with Crippen molar-refractivity contribution in [3.63, 3.8) is 0 Å². The fourth-order valence-corrected chi connectivity index (χ4v) is 4.89. The molecule has 0 radical (unpaired) electrons. The minimum Gasteiger partial charge on any atom is -0.348 e. The van der Waals surface area contributed by atoms with Crippen LogP contribution < -0.4 is 5.32 Å². The van der Waals surface area contributed by atoms with Gasteiger partial charge in [-0.1, -0.05) is 61.9 Å². The number of hydrogen-bond donors (Lipinski definition) is 1. The highest BCUT2D eigenvalue weighted by atomic mass is 32.2. The topological polar surface area (TPSA) is 49.4 Å². The van der Waals surface area contributed by atoms with Gasteiger partial charge in [0.1, 0.15) is 6.04 Å². The van der Waals surface area contributed by atoms with Gasteiger partial charge in [0.05, 0.1) is 11.4 Å². The molecule has 1 aliphatic rings. The van der Waals surface area contributed by atoms with Crippen molar-refractivity contribution in [2.24, 2.45) is 0 Å². The summed E-state index contributed by atoms with van der Waals surface area (Å²) in [5, 5.41) is 3.14. The van der Waals surface area contributed by atoms with Crippen molar-refractivity contribution in [1.82, 2.24) is 10.2 Å². The quantitative estimate of drug-likeness (QED) is 0.813. The number of hydrogen-bond acceptors (Lipinski definition) is 3. The summed E-state index contributed by atoms with van der Waals surface area (Å²) >= 11 is 1.70. The van der Waals surface area contributed by atoms with Gasteiger partial charge in [-0.15, -0.1) is 11.8 Å². The van der Waals surface area contributed by atoms with Gasteiger partial charge < -0.3 is 10.2 Å². The molecule has 0 saturated carbocycles. The Morgan fingerprint density at radius 1 is 1.11 bits per heavy atom. The smallest absolute Gasteiger partial charge is 0.255 e. The van der Waals surface area contributed by atoms with E-state index < -0.39 is 6.04 Å². The van der Waals surface area contributed by atoms with Crippen LogP contribution in [0, 0.1) is 0 Å². The zero-order valence-corrected chi connectivity index (χ0v) is 16.6. The van der Waals surface area contributed by atoms with Gasteiger partial charge in [-0.3, -0.25) is 9.59 Å². The van der Waals surface area contributed by atoms with Gasteiger partial charge >= 0.3 is 0 Å². The Morgan fingerprint density at radius 3 is 2.37 bits per heavy atom. The fraction of sp³-hybridized carbons (Fsp3) is 0.364. The van der Waals surface area contributed by atoms with Crippen molar-refractivity contribution in [2.75, 3.05) is 5.75 Å². The summed E-state index contributed by atoms with van der Waals surface area (Å²) < 4.78 is 0. The first-order chi connectivity index (χ1) is 13.1. The van der Waals surface area contributed by atoms with Crippen LogP contribution in [0.15, 0.2) is 60.7 Å². The van der Waals surface area contributed by atoms with Crippen LogP contribution in [0.5, 0.6) is 0 Å². The van der Waals surface area contributed by atoms with Gasteiger partial charge in [0.15, 0.2) is 0 Å². The molecule has 1 saturated heterocycles. The third-order valence-electron chi connectivity index (χ3n) is 4.84. The standard InChI is InChI=1S/C22H26N2O2S/c1-3-10-20-24(22(26)18-13-8-5-9-14-18)19(15-27-20)21(25)23-16(2)17-11-6-4-7-12-17/h4-9,11-14,16,19-20H,3,10,15H2,1-2H3,(H,23,25). The van der Waals surface area contributed by atoms with Gasteiger partial charge in [0, 0.05) is 11.3 Å². The molecule has 1 aliphatic heterocycles. The average molecular weight is 383 g/mol. The van der Waals surface area contributed by atoms with Crippen molar-refractivity contribution in [3.8, 4) is 0 Å². The lowest BCUT2D eigenvalue weighted by Crippen LogP contribution is -2.50. The molecule has 1 heterocycles. The predicted molar refractivity (Wildman–Crippen MR) is 111 cm³/mol. The second kappa shape index (κ2) is 9.09. The van der Waals surface area contributed by atoms with Crippen molar-refractivity contribution >= 4 is 23.6 Å². The van der Waals surface area contributed by atoms with Crippen LogP contribution in [0.2, 0.25) is 0 Å². The molecule has 1 N–H and O–H groups in total. The summed E-state index contributed by atoms with van der Waals surface area (Å²) in [5.74, 6) is 0.490. The van der Waals surface area contributed by atoms with Gasteiger partial charge in [-0.25, -0.2) is 0 Å². The molecule has 3 unspecified atom stereocenters. The van der Waals surface area contributed by atoms with E-state index in [9.17, 15) is 9.59 Å². The monoisotopic (exact) mass is 382 g/mol. The van der Waals surface area contributed by atoms with Crippen molar-refractivity contribution in [1.29, 1.82) is 0 Å². The van der Waals surface area contributed by atoms with Crippen molar-refractivity contribution in [2.45, 2.75) is 44.1 Å². The summed E-state index contributed by atoms with van der Waals surface area (Å²) in [7, 11) is 0. The Balaban J connectivity index is 1.77. The minimum absolute atomic E-state index is 0.0467. The highest BCUT2D eigenvalue weighted by Crippen LogP contribution is 2.34. The molecule has 5 heteroatoms. The molecular formula is C22H26N2O2S. The normalized spacial score (nSPS) is 20.3. The Morgan fingerprint density at radius 2 is 1.74 bits per heavy atom. The van der Waals surface area contributed by atoms with Crippen LogP contribution >= 0.6 is 11.8 Å². The van der Waals surface area contributed by atoms with Gasteiger partial charge in [-0.05, 0) is 31.0 Å². The van der Waals surface area contributed by atoms with E-state index in [1.807, 2.05) is 67.6 Å². The highest BCUT2D eigenvalue weighted by molar-refractivity contribution is 8.00. The summed E-state index contributed by atoms with van der Waals surface area (Å²) in [6.07, 6.45) is 1.87. The zero-order chi connectivity index (χ0) is 19.2. The molecule has 0 spiro atoms. The maximum absolute atomic E-state index is 13.1. The van der Waals surface area contributed by atoms with E-state index in [1.54, 1.807) is 16.7 Å². The average Bonchev–Trinajstić information content (AvgIpc) is 3.13. The maximum atomic E-state index is 13.1. The molecule has 142 valence electrons.